The molecule has 5 heteroatoms. The summed E-state index contributed by atoms with van der Waals surface area (Å²) in [6, 6.07) is 10.7. The number of carbonyl (C=O) groups is 1. The minimum absolute atomic E-state index is 0.178. The highest BCUT2D eigenvalue weighted by Crippen LogP contribution is 2.21. The van der Waals surface area contributed by atoms with Gasteiger partial charge < -0.3 is 5.32 Å². The number of hydrogen-bond acceptors (Lipinski definition) is 2. The summed E-state index contributed by atoms with van der Waals surface area (Å²) in [5.74, 6) is -0.952. The summed E-state index contributed by atoms with van der Waals surface area (Å²) in [5, 5.41) is 11.9. The molecule has 0 radical (unpaired) electrons. The molecule has 0 saturated carbocycles. The molecule has 1 N–H and O–H groups in total. The lowest BCUT2D eigenvalue weighted by Gasteiger charge is -2.08. The Bertz CT molecular complexity index is 722. The molecule has 0 aliphatic carbocycles. The predicted molar refractivity (Wildman–Crippen MR) is 75.3 cm³/mol. The number of benzene rings is 2. The molecule has 1 amide bonds. The zero-order chi connectivity index (χ0) is 14.7. The summed E-state index contributed by atoms with van der Waals surface area (Å²) in [7, 11) is 0. The van der Waals surface area contributed by atoms with Crippen LogP contribution < -0.4 is 5.32 Å². The summed E-state index contributed by atoms with van der Waals surface area (Å²) in [5.41, 5.74) is 1.22. The van der Waals surface area contributed by atoms with Crippen molar-refractivity contribution in [3.05, 3.63) is 63.9 Å². The summed E-state index contributed by atoms with van der Waals surface area (Å²) >= 11 is 5.83. The Morgan fingerprint density at radius 3 is 2.70 bits per heavy atom. The fourth-order valence-corrected chi connectivity index (χ4v) is 1.82. The molecule has 2 aromatic carbocycles. The first-order chi connectivity index (χ1) is 9.51. The summed E-state index contributed by atoms with van der Waals surface area (Å²) in [4.78, 5) is 12.0. The minimum Gasteiger partial charge on any atom is -0.321 e. The van der Waals surface area contributed by atoms with Crippen LogP contribution in [0.15, 0.2) is 36.4 Å². The summed E-state index contributed by atoms with van der Waals surface area (Å²) < 4.78 is 13.4. The molecule has 0 atom stereocenters. The topological polar surface area (TPSA) is 52.9 Å². The number of nitriles is 1. The van der Waals surface area contributed by atoms with Crippen molar-refractivity contribution in [2.75, 3.05) is 5.32 Å². The van der Waals surface area contributed by atoms with Crippen LogP contribution in [0.5, 0.6) is 0 Å². The quantitative estimate of drug-likeness (QED) is 0.911. The average molecular weight is 289 g/mol. The second kappa shape index (κ2) is 5.72. The van der Waals surface area contributed by atoms with Crippen LogP contribution in [0.3, 0.4) is 0 Å². The maximum atomic E-state index is 13.4. The van der Waals surface area contributed by atoms with Crippen LogP contribution in [0.25, 0.3) is 0 Å². The van der Waals surface area contributed by atoms with E-state index in [1.165, 1.54) is 24.3 Å². The van der Waals surface area contributed by atoms with E-state index in [2.05, 4.69) is 5.32 Å². The monoisotopic (exact) mass is 288 g/mol. The normalized spacial score (nSPS) is 9.90. The van der Waals surface area contributed by atoms with Gasteiger partial charge in [0, 0.05) is 10.6 Å². The Labute approximate surface area is 120 Å². The Morgan fingerprint density at radius 1 is 1.30 bits per heavy atom. The van der Waals surface area contributed by atoms with Crippen LogP contribution in [0.4, 0.5) is 10.1 Å². The molecule has 0 saturated heterocycles. The number of hydrogen-bond donors (Lipinski definition) is 1. The fraction of sp³-hybridized carbons (Fsp3) is 0.0667. The molecule has 0 aliphatic rings. The first-order valence-corrected chi connectivity index (χ1v) is 6.16. The highest BCUT2D eigenvalue weighted by atomic mass is 35.5. The minimum atomic E-state index is -0.498. The van der Waals surface area contributed by atoms with Crippen LogP contribution in [-0.2, 0) is 0 Å². The van der Waals surface area contributed by atoms with Gasteiger partial charge in [0.25, 0.3) is 5.91 Å². The number of nitrogens with zero attached hydrogens (tertiary/aromatic N) is 1. The second-order valence-corrected chi connectivity index (χ2v) is 4.66. The Morgan fingerprint density at radius 2 is 2.05 bits per heavy atom. The lowest BCUT2D eigenvalue weighted by atomic mass is 10.1. The molecule has 0 bridgehead atoms. The SMILES string of the molecule is Cc1ccc(C(=O)Nc2cc(Cl)ccc2C#N)cc1F. The molecule has 0 aromatic heterocycles. The molecule has 0 aliphatic heterocycles. The van der Waals surface area contributed by atoms with Crippen molar-refractivity contribution in [2.45, 2.75) is 6.92 Å². The number of rotatable bonds is 2. The van der Waals surface area contributed by atoms with Gasteiger partial charge in [-0.2, -0.15) is 5.26 Å². The van der Waals surface area contributed by atoms with Gasteiger partial charge in [0.1, 0.15) is 11.9 Å². The zero-order valence-corrected chi connectivity index (χ0v) is 11.3. The number of nitrogens with one attached hydrogen (secondary N) is 1. The largest absolute Gasteiger partial charge is 0.321 e. The molecule has 0 unspecified atom stereocenters. The van der Waals surface area contributed by atoms with Crippen LogP contribution in [0.2, 0.25) is 5.02 Å². The second-order valence-electron chi connectivity index (χ2n) is 4.22. The molecule has 0 fully saturated rings. The average Bonchev–Trinajstić information content (AvgIpc) is 2.42. The van der Waals surface area contributed by atoms with Gasteiger partial charge in [-0.25, -0.2) is 4.39 Å². The van der Waals surface area contributed by atoms with Gasteiger partial charge in [-0.1, -0.05) is 17.7 Å². The molecule has 2 rings (SSSR count). The van der Waals surface area contributed by atoms with Crippen molar-refractivity contribution in [3.8, 4) is 6.07 Å². The Kier molecular flexibility index (Phi) is 4.02. The van der Waals surface area contributed by atoms with Crippen molar-refractivity contribution < 1.29 is 9.18 Å². The lowest BCUT2D eigenvalue weighted by molar-refractivity contribution is 0.102. The van der Waals surface area contributed by atoms with Gasteiger partial charge in [0.05, 0.1) is 11.3 Å². The third-order valence-electron chi connectivity index (χ3n) is 2.78. The van der Waals surface area contributed by atoms with Crippen molar-refractivity contribution in [3.63, 3.8) is 0 Å². The number of carbonyl (C=O) groups excluding carboxylic acids is 1. The number of halogens is 2. The highest BCUT2D eigenvalue weighted by Gasteiger charge is 2.11. The molecule has 3 nitrogen and oxygen atoms in total. The lowest BCUT2D eigenvalue weighted by Crippen LogP contribution is -2.13. The highest BCUT2D eigenvalue weighted by molar-refractivity contribution is 6.31. The molecule has 2 aromatic rings. The van der Waals surface area contributed by atoms with E-state index in [1.807, 2.05) is 6.07 Å². The van der Waals surface area contributed by atoms with Crippen LogP contribution in [0.1, 0.15) is 21.5 Å². The van der Waals surface area contributed by atoms with E-state index in [9.17, 15) is 9.18 Å². The van der Waals surface area contributed by atoms with Crippen LogP contribution in [-0.4, -0.2) is 5.91 Å². The maximum absolute atomic E-state index is 13.4. The molecular weight excluding hydrogens is 279 g/mol. The smallest absolute Gasteiger partial charge is 0.255 e. The van der Waals surface area contributed by atoms with Gasteiger partial charge in [0.15, 0.2) is 0 Å². The van der Waals surface area contributed by atoms with Crippen molar-refractivity contribution in [1.29, 1.82) is 5.26 Å². The Hall–Kier alpha value is -2.38. The predicted octanol–water partition coefficient (Wildman–Crippen LogP) is 3.91. The van der Waals surface area contributed by atoms with Crippen LogP contribution >= 0.6 is 11.6 Å². The van der Waals surface area contributed by atoms with E-state index in [1.54, 1.807) is 13.0 Å². The van der Waals surface area contributed by atoms with Gasteiger partial charge in [0.2, 0.25) is 0 Å². The molecule has 20 heavy (non-hydrogen) atoms. The standard InChI is InChI=1S/C15H10ClFN2O/c1-9-2-3-10(6-13(9)17)15(20)19-14-7-12(16)5-4-11(14)8-18/h2-7H,1H3,(H,19,20). The van der Waals surface area contributed by atoms with Gasteiger partial charge >= 0.3 is 0 Å². The number of anilines is 1. The van der Waals surface area contributed by atoms with E-state index < -0.39 is 11.7 Å². The molecule has 0 spiro atoms. The fourth-order valence-electron chi connectivity index (χ4n) is 1.65. The Balaban J connectivity index is 2.30. The summed E-state index contributed by atoms with van der Waals surface area (Å²) in [6.45, 7) is 1.61. The first kappa shape index (κ1) is 14.0. The third-order valence-corrected chi connectivity index (χ3v) is 3.02. The molecular formula is C15H10ClFN2O. The van der Waals surface area contributed by atoms with Crippen molar-refractivity contribution in [2.24, 2.45) is 0 Å². The van der Waals surface area contributed by atoms with Gasteiger partial charge in [-0.05, 0) is 42.8 Å². The number of aryl methyl sites for hydroxylation is 1. The summed E-state index contributed by atoms with van der Waals surface area (Å²) in [6.07, 6.45) is 0. The molecule has 0 heterocycles. The van der Waals surface area contributed by atoms with E-state index in [-0.39, 0.29) is 11.1 Å². The maximum Gasteiger partial charge on any atom is 0.255 e. The molecule has 100 valence electrons. The number of amides is 1. The van der Waals surface area contributed by atoms with E-state index in [0.717, 1.165) is 6.07 Å². The van der Waals surface area contributed by atoms with E-state index in [4.69, 9.17) is 16.9 Å². The van der Waals surface area contributed by atoms with Crippen molar-refractivity contribution >= 4 is 23.2 Å². The van der Waals surface area contributed by atoms with E-state index >= 15 is 0 Å². The van der Waals surface area contributed by atoms with Gasteiger partial charge in [-0.3, -0.25) is 4.79 Å². The van der Waals surface area contributed by atoms with Crippen LogP contribution in [0, 0.1) is 24.1 Å². The van der Waals surface area contributed by atoms with Gasteiger partial charge in [-0.15, -0.1) is 0 Å². The van der Waals surface area contributed by atoms with Crippen molar-refractivity contribution in [1.82, 2.24) is 0 Å². The zero-order valence-electron chi connectivity index (χ0n) is 10.6. The first-order valence-electron chi connectivity index (χ1n) is 5.78. The third kappa shape index (κ3) is 2.95. The van der Waals surface area contributed by atoms with E-state index in [0.29, 0.717) is 16.3 Å².